The lowest BCUT2D eigenvalue weighted by atomic mass is 10.1. The van der Waals surface area contributed by atoms with Crippen LogP contribution in [-0.2, 0) is 6.54 Å². The fourth-order valence-corrected chi connectivity index (χ4v) is 3.08. The third kappa shape index (κ3) is 3.42. The lowest BCUT2D eigenvalue weighted by molar-refractivity contribution is 0.386. The smallest absolute Gasteiger partial charge is 0.255 e. The average molecular weight is 331 g/mol. The maximum atomic E-state index is 13.9. The van der Waals surface area contributed by atoms with Gasteiger partial charge in [0.2, 0.25) is 5.95 Å². The van der Waals surface area contributed by atoms with E-state index >= 15 is 0 Å². The number of aryl methyl sites for hydroxylation is 1. The van der Waals surface area contributed by atoms with Gasteiger partial charge in [-0.3, -0.25) is 9.36 Å². The Bertz CT molecular complexity index is 782. The van der Waals surface area contributed by atoms with Crippen molar-refractivity contribution in [2.75, 3.05) is 25.1 Å². The molecular weight excluding hydrogens is 309 g/mol. The topological polar surface area (TPSA) is 47.4 Å². The number of nitrogens with zero attached hydrogens (tertiary/aromatic N) is 3. The summed E-state index contributed by atoms with van der Waals surface area (Å²) in [6.07, 6.45) is 3.40. The summed E-state index contributed by atoms with van der Waals surface area (Å²) in [5.74, 6) is 0.447. The molecule has 0 unspecified atom stereocenters. The van der Waals surface area contributed by atoms with E-state index in [0.717, 1.165) is 25.9 Å². The van der Waals surface area contributed by atoms with Gasteiger partial charge in [-0.15, -0.1) is 0 Å². The highest BCUT2D eigenvalue weighted by atomic mass is 19.1. The van der Waals surface area contributed by atoms with Gasteiger partial charge in [-0.2, -0.15) is 0 Å². The van der Waals surface area contributed by atoms with Gasteiger partial charge in [0, 0.05) is 24.8 Å². The lowest BCUT2D eigenvalue weighted by Gasteiger charge is -2.29. The number of ether oxygens (including phenoxy) is 1. The van der Waals surface area contributed by atoms with Crippen LogP contribution in [0.5, 0.6) is 5.75 Å². The maximum Gasteiger partial charge on any atom is 0.255 e. The van der Waals surface area contributed by atoms with Crippen LogP contribution in [0.1, 0.15) is 30.5 Å². The second-order valence-corrected chi connectivity index (χ2v) is 6.14. The minimum absolute atomic E-state index is 0.112. The predicted octanol–water partition coefficient (Wildman–Crippen LogP) is 2.74. The van der Waals surface area contributed by atoms with E-state index in [9.17, 15) is 9.18 Å². The Morgan fingerprint density at radius 2 is 1.96 bits per heavy atom. The van der Waals surface area contributed by atoms with Crippen molar-refractivity contribution in [1.29, 1.82) is 0 Å². The Balaban J connectivity index is 1.97. The zero-order chi connectivity index (χ0) is 17.1. The van der Waals surface area contributed by atoms with Crippen LogP contribution in [0.2, 0.25) is 0 Å². The number of benzene rings is 1. The minimum Gasteiger partial charge on any atom is -0.494 e. The molecule has 1 aliphatic heterocycles. The summed E-state index contributed by atoms with van der Waals surface area (Å²) in [5.41, 5.74) is 1.30. The number of anilines is 1. The van der Waals surface area contributed by atoms with E-state index < -0.39 is 5.82 Å². The zero-order valence-corrected chi connectivity index (χ0v) is 14.1. The van der Waals surface area contributed by atoms with Crippen LogP contribution >= 0.6 is 0 Å². The normalized spacial score (nSPS) is 14.7. The molecule has 0 spiro atoms. The molecule has 1 saturated heterocycles. The van der Waals surface area contributed by atoms with Crippen molar-refractivity contribution in [1.82, 2.24) is 9.55 Å². The number of methoxy groups -OCH3 is 1. The first kappa shape index (κ1) is 16.5. The highest BCUT2D eigenvalue weighted by molar-refractivity contribution is 5.35. The summed E-state index contributed by atoms with van der Waals surface area (Å²) in [6, 6.07) is 6.28. The van der Waals surface area contributed by atoms with Crippen molar-refractivity contribution in [2.24, 2.45) is 0 Å². The molecule has 0 amide bonds. The maximum absolute atomic E-state index is 13.9. The Morgan fingerprint density at radius 1 is 1.21 bits per heavy atom. The highest BCUT2D eigenvalue weighted by Gasteiger charge is 2.18. The Kier molecular flexibility index (Phi) is 4.83. The number of hydrogen-bond donors (Lipinski definition) is 0. The number of piperidine rings is 1. The van der Waals surface area contributed by atoms with Gasteiger partial charge >= 0.3 is 0 Å². The van der Waals surface area contributed by atoms with Crippen LogP contribution in [0.4, 0.5) is 10.3 Å². The summed E-state index contributed by atoms with van der Waals surface area (Å²) >= 11 is 0. The average Bonchev–Trinajstić information content (AvgIpc) is 2.58. The number of aromatic nitrogens is 2. The van der Waals surface area contributed by atoms with E-state index in [0.29, 0.717) is 23.8 Å². The molecule has 1 aromatic heterocycles. The lowest BCUT2D eigenvalue weighted by Crippen LogP contribution is -2.36. The van der Waals surface area contributed by atoms with Crippen LogP contribution < -0.4 is 15.2 Å². The molecule has 0 aliphatic carbocycles. The summed E-state index contributed by atoms with van der Waals surface area (Å²) in [6.45, 7) is 3.91. The van der Waals surface area contributed by atoms with E-state index in [1.807, 2.05) is 6.92 Å². The molecule has 128 valence electrons. The van der Waals surface area contributed by atoms with Crippen molar-refractivity contribution in [3.63, 3.8) is 0 Å². The van der Waals surface area contributed by atoms with Crippen LogP contribution in [0.25, 0.3) is 0 Å². The largest absolute Gasteiger partial charge is 0.494 e. The van der Waals surface area contributed by atoms with Gasteiger partial charge in [-0.25, -0.2) is 9.37 Å². The van der Waals surface area contributed by atoms with Crippen molar-refractivity contribution in [2.45, 2.75) is 32.7 Å². The minimum atomic E-state index is -0.428. The molecule has 0 radical (unpaired) electrons. The summed E-state index contributed by atoms with van der Waals surface area (Å²) in [7, 11) is 1.43. The Morgan fingerprint density at radius 3 is 2.62 bits per heavy atom. The predicted molar refractivity (Wildman–Crippen MR) is 91.4 cm³/mol. The number of halogens is 1. The van der Waals surface area contributed by atoms with Gasteiger partial charge in [0.05, 0.1) is 13.7 Å². The van der Waals surface area contributed by atoms with E-state index in [1.54, 1.807) is 16.7 Å². The molecule has 2 aromatic rings. The molecule has 24 heavy (non-hydrogen) atoms. The van der Waals surface area contributed by atoms with Crippen molar-refractivity contribution in [3.8, 4) is 5.75 Å². The molecule has 0 N–H and O–H groups in total. The SMILES string of the molecule is COc1ccc(Cn2c(N3CCCCC3)nc(C)cc2=O)cc1F. The first-order valence-corrected chi connectivity index (χ1v) is 8.24. The Labute approximate surface area is 140 Å². The Hall–Kier alpha value is -2.37. The van der Waals surface area contributed by atoms with Crippen molar-refractivity contribution < 1.29 is 9.13 Å². The monoisotopic (exact) mass is 331 g/mol. The van der Waals surface area contributed by atoms with Gasteiger partial charge in [-0.05, 0) is 43.9 Å². The molecule has 0 saturated carbocycles. The molecule has 2 heterocycles. The van der Waals surface area contributed by atoms with E-state index in [-0.39, 0.29) is 11.3 Å². The van der Waals surface area contributed by atoms with Crippen LogP contribution in [0.15, 0.2) is 29.1 Å². The molecule has 1 aromatic carbocycles. The van der Waals surface area contributed by atoms with E-state index in [2.05, 4.69) is 9.88 Å². The highest BCUT2D eigenvalue weighted by Crippen LogP contribution is 2.21. The van der Waals surface area contributed by atoms with Gasteiger partial charge in [0.25, 0.3) is 5.56 Å². The van der Waals surface area contributed by atoms with Crippen molar-refractivity contribution in [3.05, 3.63) is 51.7 Å². The fourth-order valence-electron chi connectivity index (χ4n) is 3.08. The van der Waals surface area contributed by atoms with Gasteiger partial charge in [0.15, 0.2) is 11.6 Å². The first-order valence-electron chi connectivity index (χ1n) is 8.24. The zero-order valence-electron chi connectivity index (χ0n) is 14.1. The molecule has 0 bridgehead atoms. The van der Waals surface area contributed by atoms with Crippen LogP contribution in [0.3, 0.4) is 0 Å². The quantitative estimate of drug-likeness (QED) is 0.864. The van der Waals surface area contributed by atoms with Gasteiger partial charge < -0.3 is 9.64 Å². The molecule has 0 atom stereocenters. The molecule has 5 nitrogen and oxygen atoms in total. The van der Waals surface area contributed by atoms with Crippen molar-refractivity contribution >= 4 is 5.95 Å². The number of rotatable bonds is 4. The van der Waals surface area contributed by atoms with Crippen LogP contribution in [-0.4, -0.2) is 29.8 Å². The molecule has 1 fully saturated rings. The second kappa shape index (κ2) is 7.03. The number of hydrogen-bond acceptors (Lipinski definition) is 4. The van der Waals surface area contributed by atoms with E-state index in [1.165, 1.54) is 25.7 Å². The fraction of sp³-hybridized carbons (Fsp3) is 0.444. The van der Waals surface area contributed by atoms with E-state index in [4.69, 9.17) is 4.74 Å². The summed E-state index contributed by atoms with van der Waals surface area (Å²) in [4.78, 5) is 19.2. The molecule has 6 heteroatoms. The van der Waals surface area contributed by atoms with Crippen LogP contribution in [0, 0.1) is 12.7 Å². The van der Waals surface area contributed by atoms with Gasteiger partial charge in [-0.1, -0.05) is 6.07 Å². The summed E-state index contributed by atoms with van der Waals surface area (Å²) in [5, 5.41) is 0. The van der Waals surface area contributed by atoms with Gasteiger partial charge in [0.1, 0.15) is 0 Å². The third-order valence-corrected chi connectivity index (χ3v) is 4.31. The molecular formula is C18H22FN3O2. The standard InChI is InChI=1S/C18H22FN3O2/c1-13-10-17(23)22(18(20-13)21-8-4-3-5-9-21)12-14-6-7-16(24-2)15(19)11-14/h6-7,10-11H,3-5,8-9,12H2,1-2H3. The molecule has 3 rings (SSSR count). The first-order chi connectivity index (χ1) is 11.6. The second-order valence-electron chi connectivity index (χ2n) is 6.14. The molecule has 1 aliphatic rings. The summed E-state index contributed by atoms with van der Waals surface area (Å²) < 4.78 is 20.5. The third-order valence-electron chi connectivity index (χ3n) is 4.31.